The molecule has 0 aliphatic carbocycles. The molecule has 0 saturated carbocycles. The highest BCUT2D eigenvalue weighted by Crippen LogP contribution is 2.17. The summed E-state index contributed by atoms with van der Waals surface area (Å²) in [6.45, 7) is 3.05. The van der Waals surface area contributed by atoms with Crippen molar-refractivity contribution in [1.29, 1.82) is 0 Å². The minimum absolute atomic E-state index is 0.000556. The molecule has 0 radical (unpaired) electrons. The first-order valence-electron chi connectivity index (χ1n) is 7.74. The Morgan fingerprint density at radius 2 is 1.42 bits per heavy atom. The predicted molar refractivity (Wildman–Crippen MR) is 103 cm³/mol. The molecule has 0 spiro atoms. The number of nitrogen functional groups attached to an aromatic ring is 1. The van der Waals surface area contributed by atoms with Gasteiger partial charge in [0.05, 0.1) is 34.6 Å². The van der Waals surface area contributed by atoms with E-state index < -0.39 is 0 Å². The van der Waals surface area contributed by atoms with Crippen LogP contribution >= 0.6 is 15.9 Å². The van der Waals surface area contributed by atoms with E-state index in [-0.39, 0.29) is 11.6 Å². The van der Waals surface area contributed by atoms with Crippen molar-refractivity contribution >= 4 is 44.2 Å². The first-order chi connectivity index (χ1) is 12.4. The molecule has 4 heterocycles. The molecule has 0 bridgehead atoms. The quantitative estimate of drug-likeness (QED) is 0.508. The number of rotatable bonds is 2. The Morgan fingerprint density at radius 3 is 1.96 bits per heavy atom. The number of aromatic nitrogens is 4. The number of anilines is 1. The summed E-state index contributed by atoms with van der Waals surface area (Å²) in [5.41, 5.74) is 9.08. The number of carbonyl (C=O) groups excluding carboxylic acids is 2. The molecule has 0 aromatic carbocycles. The lowest BCUT2D eigenvalue weighted by Gasteiger charge is -1.96. The highest BCUT2D eigenvalue weighted by Gasteiger charge is 2.08. The lowest BCUT2D eigenvalue weighted by Crippen LogP contribution is -1.93. The Bertz CT molecular complexity index is 1040. The third-order valence-corrected chi connectivity index (χ3v) is 4.28. The van der Waals surface area contributed by atoms with E-state index >= 15 is 0 Å². The highest BCUT2D eigenvalue weighted by atomic mass is 79.9. The van der Waals surface area contributed by atoms with E-state index in [9.17, 15) is 9.59 Å². The average molecular weight is 414 g/mol. The molecule has 0 saturated heterocycles. The van der Waals surface area contributed by atoms with Gasteiger partial charge in [-0.05, 0) is 38.1 Å². The van der Waals surface area contributed by atoms with Gasteiger partial charge in [-0.15, -0.1) is 0 Å². The number of pyridine rings is 2. The summed E-state index contributed by atoms with van der Waals surface area (Å²) in [6.07, 6.45) is 6.68. The SMILES string of the molecule is CC(=O)c1cnn2ccc(Br)cc12.CC(=O)c1cnn2ccc(N)cc12. The zero-order valence-electron chi connectivity index (χ0n) is 14.2. The summed E-state index contributed by atoms with van der Waals surface area (Å²) in [6, 6.07) is 7.24. The van der Waals surface area contributed by atoms with Crippen LogP contribution in [0.5, 0.6) is 0 Å². The molecule has 0 aliphatic rings. The number of fused-ring (bicyclic) bond motifs is 2. The Morgan fingerprint density at radius 1 is 0.923 bits per heavy atom. The van der Waals surface area contributed by atoms with Crippen LogP contribution in [0, 0.1) is 0 Å². The van der Waals surface area contributed by atoms with Gasteiger partial charge in [-0.2, -0.15) is 10.2 Å². The molecule has 132 valence electrons. The summed E-state index contributed by atoms with van der Waals surface area (Å²) in [5, 5.41) is 8.08. The molecule has 0 fully saturated rings. The molecule has 0 unspecified atom stereocenters. The van der Waals surface area contributed by atoms with E-state index in [0.29, 0.717) is 16.8 Å². The Kier molecular flexibility index (Phi) is 4.85. The van der Waals surface area contributed by atoms with Crippen molar-refractivity contribution in [2.45, 2.75) is 13.8 Å². The van der Waals surface area contributed by atoms with Gasteiger partial charge >= 0.3 is 0 Å². The van der Waals surface area contributed by atoms with E-state index in [0.717, 1.165) is 15.5 Å². The van der Waals surface area contributed by atoms with Gasteiger partial charge in [-0.25, -0.2) is 9.03 Å². The minimum atomic E-state index is 0.000556. The second-order valence-corrected chi connectivity index (χ2v) is 6.61. The highest BCUT2D eigenvalue weighted by molar-refractivity contribution is 9.10. The van der Waals surface area contributed by atoms with E-state index in [2.05, 4.69) is 26.1 Å². The zero-order chi connectivity index (χ0) is 18.8. The maximum Gasteiger partial charge on any atom is 0.163 e. The first-order valence-corrected chi connectivity index (χ1v) is 8.53. The van der Waals surface area contributed by atoms with Crippen molar-refractivity contribution in [3.63, 3.8) is 0 Å². The van der Waals surface area contributed by atoms with Crippen LogP contribution < -0.4 is 5.73 Å². The second-order valence-electron chi connectivity index (χ2n) is 5.69. The summed E-state index contributed by atoms with van der Waals surface area (Å²) in [5.74, 6) is 0.0358. The van der Waals surface area contributed by atoms with Crippen molar-refractivity contribution in [3.8, 4) is 0 Å². The van der Waals surface area contributed by atoms with Crippen LogP contribution in [0.3, 0.4) is 0 Å². The van der Waals surface area contributed by atoms with Crippen molar-refractivity contribution in [2.24, 2.45) is 0 Å². The molecule has 0 atom stereocenters. The fraction of sp³-hybridized carbons (Fsp3) is 0.111. The van der Waals surface area contributed by atoms with Gasteiger partial charge < -0.3 is 5.73 Å². The number of carbonyl (C=O) groups is 2. The number of hydrogen-bond donors (Lipinski definition) is 1. The van der Waals surface area contributed by atoms with Gasteiger partial charge in [0.25, 0.3) is 0 Å². The van der Waals surface area contributed by atoms with Crippen molar-refractivity contribution in [2.75, 3.05) is 5.73 Å². The molecule has 26 heavy (non-hydrogen) atoms. The fourth-order valence-corrected chi connectivity index (χ4v) is 2.83. The molecule has 0 amide bonds. The van der Waals surface area contributed by atoms with Crippen LogP contribution in [0.4, 0.5) is 5.69 Å². The van der Waals surface area contributed by atoms with Crippen molar-refractivity contribution in [3.05, 3.63) is 64.7 Å². The Hall–Kier alpha value is -3.00. The van der Waals surface area contributed by atoms with Gasteiger partial charge in [0, 0.05) is 22.6 Å². The Labute approximate surface area is 157 Å². The molecule has 2 N–H and O–H groups in total. The topological polar surface area (TPSA) is 94.8 Å². The van der Waals surface area contributed by atoms with Crippen LogP contribution in [0.1, 0.15) is 34.6 Å². The van der Waals surface area contributed by atoms with E-state index in [1.807, 2.05) is 18.3 Å². The van der Waals surface area contributed by atoms with E-state index in [1.54, 1.807) is 39.8 Å². The van der Waals surface area contributed by atoms with Gasteiger partial charge in [0.2, 0.25) is 0 Å². The van der Waals surface area contributed by atoms with Crippen LogP contribution in [0.2, 0.25) is 0 Å². The van der Waals surface area contributed by atoms with E-state index in [1.165, 1.54) is 13.8 Å². The molecule has 4 aromatic rings. The smallest absolute Gasteiger partial charge is 0.163 e. The maximum absolute atomic E-state index is 11.2. The first kappa shape index (κ1) is 17.8. The molecule has 8 heteroatoms. The molecular weight excluding hydrogens is 398 g/mol. The standard InChI is InChI=1S/C9H7BrN2O.C9H9N3O/c2*1-6(13)8-5-11-12-3-2-7(10)4-9(8)12/h2-5H,1H3;2-5H,10H2,1H3. The van der Waals surface area contributed by atoms with Crippen LogP contribution in [0.15, 0.2) is 53.5 Å². The predicted octanol–water partition coefficient (Wildman–Crippen LogP) is 3.42. The fourth-order valence-electron chi connectivity index (χ4n) is 2.49. The molecule has 4 rings (SSSR count). The molecule has 7 nitrogen and oxygen atoms in total. The molecule has 4 aromatic heterocycles. The van der Waals surface area contributed by atoms with Crippen LogP contribution in [0.25, 0.3) is 11.0 Å². The Balaban J connectivity index is 0.000000151. The second kappa shape index (κ2) is 7.09. The third kappa shape index (κ3) is 3.50. The molecular formula is C18H16BrN5O2. The maximum atomic E-state index is 11.2. The number of ketones is 2. The summed E-state index contributed by atoms with van der Waals surface area (Å²) in [4.78, 5) is 22.3. The number of halogens is 1. The summed E-state index contributed by atoms with van der Waals surface area (Å²) in [7, 11) is 0. The van der Waals surface area contributed by atoms with Gasteiger partial charge in [0.1, 0.15) is 0 Å². The number of Topliss-reactive ketones (excluding diaryl/α,β-unsaturated/α-hetero) is 2. The van der Waals surface area contributed by atoms with E-state index in [4.69, 9.17) is 5.73 Å². The average Bonchev–Trinajstić information content (AvgIpc) is 3.18. The van der Waals surface area contributed by atoms with Gasteiger partial charge in [-0.3, -0.25) is 9.59 Å². The summed E-state index contributed by atoms with van der Waals surface area (Å²) < 4.78 is 4.26. The monoisotopic (exact) mass is 413 g/mol. The van der Waals surface area contributed by atoms with Crippen LogP contribution in [-0.4, -0.2) is 30.8 Å². The molecule has 0 aliphatic heterocycles. The lowest BCUT2D eigenvalue weighted by atomic mass is 10.2. The zero-order valence-corrected chi connectivity index (χ0v) is 15.8. The number of nitrogens with zero attached hydrogens (tertiary/aromatic N) is 4. The van der Waals surface area contributed by atoms with Gasteiger partial charge in [-0.1, -0.05) is 15.9 Å². The van der Waals surface area contributed by atoms with Gasteiger partial charge in [0.15, 0.2) is 11.6 Å². The van der Waals surface area contributed by atoms with Crippen molar-refractivity contribution in [1.82, 2.24) is 19.2 Å². The van der Waals surface area contributed by atoms with Crippen molar-refractivity contribution < 1.29 is 9.59 Å². The minimum Gasteiger partial charge on any atom is -0.399 e. The third-order valence-electron chi connectivity index (χ3n) is 3.79. The normalized spacial score (nSPS) is 10.6. The largest absolute Gasteiger partial charge is 0.399 e. The lowest BCUT2D eigenvalue weighted by molar-refractivity contribution is 0.101. The summed E-state index contributed by atoms with van der Waals surface area (Å²) >= 11 is 3.35. The number of hydrogen-bond acceptors (Lipinski definition) is 5. The number of nitrogens with two attached hydrogens (primary N) is 1. The van der Waals surface area contributed by atoms with Crippen LogP contribution in [-0.2, 0) is 0 Å².